The molecule has 1 aliphatic heterocycles. The van der Waals surface area contributed by atoms with Crippen molar-refractivity contribution in [1.29, 1.82) is 0 Å². The van der Waals surface area contributed by atoms with Gasteiger partial charge < -0.3 is 14.2 Å². The van der Waals surface area contributed by atoms with E-state index in [0.717, 1.165) is 4.88 Å². The minimum Gasteiger partial charge on any atom is -0.495 e. The van der Waals surface area contributed by atoms with Gasteiger partial charge in [-0.1, -0.05) is 22.8 Å². The van der Waals surface area contributed by atoms with E-state index in [2.05, 4.69) is 10.1 Å². The number of halogens is 1. The van der Waals surface area contributed by atoms with Crippen molar-refractivity contribution in [2.24, 2.45) is 0 Å². The number of hydrogen-bond donors (Lipinski definition) is 0. The smallest absolute Gasteiger partial charge is 0.232 e. The summed E-state index contributed by atoms with van der Waals surface area (Å²) in [6, 6.07) is 9.07. The van der Waals surface area contributed by atoms with Gasteiger partial charge in [-0.3, -0.25) is 4.79 Å². The first-order valence-corrected chi connectivity index (χ1v) is 8.93. The largest absolute Gasteiger partial charge is 0.495 e. The highest BCUT2D eigenvalue weighted by Crippen LogP contribution is 2.38. The molecule has 128 valence electrons. The van der Waals surface area contributed by atoms with Crippen molar-refractivity contribution in [2.45, 2.75) is 12.3 Å². The number of carbonyl (C=O) groups excluding carboxylic acids is 1. The molecule has 0 N–H and O–H groups in total. The van der Waals surface area contributed by atoms with Gasteiger partial charge in [-0.15, -0.1) is 11.3 Å². The van der Waals surface area contributed by atoms with Crippen LogP contribution in [0, 0.1) is 0 Å². The normalized spacial score (nSPS) is 17.3. The van der Waals surface area contributed by atoms with E-state index in [9.17, 15) is 4.79 Å². The molecule has 0 aliphatic carbocycles. The van der Waals surface area contributed by atoms with Crippen molar-refractivity contribution in [3.8, 4) is 16.5 Å². The minimum absolute atomic E-state index is 0.0264. The minimum atomic E-state index is -0.155. The van der Waals surface area contributed by atoms with E-state index in [-0.39, 0.29) is 11.8 Å². The summed E-state index contributed by atoms with van der Waals surface area (Å²) in [5.74, 6) is 1.44. The summed E-state index contributed by atoms with van der Waals surface area (Å²) in [5, 5.41) is 6.52. The SMILES string of the molecule is COc1ccc(Cl)cc1N1C[C@H](c2nc(-c3cccs3)no2)CC1=O. The van der Waals surface area contributed by atoms with Gasteiger partial charge in [0.2, 0.25) is 17.6 Å². The summed E-state index contributed by atoms with van der Waals surface area (Å²) in [6.07, 6.45) is 0.307. The number of methoxy groups -OCH3 is 1. The number of carbonyl (C=O) groups is 1. The van der Waals surface area contributed by atoms with Gasteiger partial charge in [-0.25, -0.2) is 0 Å². The Bertz CT molecular complexity index is 910. The monoisotopic (exact) mass is 375 g/mol. The van der Waals surface area contributed by atoms with Crippen LogP contribution in [0.3, 0.4) is 0 Å². The molecule has 2 aromatic heterocycles. The number of aromatic nitrogens is 2. The fourth-order valence-corrected chi connectivity index (χ4v) is 3.70. The highest BCUT2D eigenvalue weighted by atomic mass is 35.5. The molecule has 4 rings (SSSR count). The Morgan fingerprint density at radius 1 is 1.40 bits per heavy atom. The maximum Gasteiger partial charge on any atom is 0.232 e. The van der Waals surface area contributed by atoms with Crippen LogP contribution < -0.4 is 9.64 Å². The zero-order chi connectivity index (χ0) is 17.4. The van der Waals surface area contributed by atoms with Crippen LogP contribution in [0.1, 0.15) is 18.2 Å². The van der Waals surface area contributed by atoms with Crippen LogP contribution in [0.5, 0.6) is 5.75 Å². The van der Waals surface area contributed by atoms with Crippen LogP contribution in [0.4, 0.5) is 5.69 Å². The van der Waals surface area contributed by atoms with Crippen molar-refractivity contribution in [3.05, 3.63) is 46.6 Å². The van der Waals surface area contributed by atoms with Gasteiger partial charge in [-0.2, -0.15) is 4.98 Å². The molecule has 8 heteroatoms. The van der Waals surface area contributed by atoms with Crippen LogP contribution in [0.15, 0.2) is 40.2 Å². The zero-order valence-electron chi connectivity index (χ0n) is 13.3. The Hall–Kier alpha value is -2.38. The van der Waals surface area contributed by atoms with Gasteiger partial charge in [-0.05, 0) is 29.6 Å². The molecule has 1 aliphatic rings. The third-order valence-corrected chi connectivity index (χ3v) is 5.19. The number of rotatable bonds is 4. The van der Waals surface area contributed by atoms with Crippen molar-refractivity contribution < 1.29 is 14.1 Å². The maximum absolute atomic E-state index is 12.5. The van der Waals surface area contributed by atoms with Crippen LogP contribution in [0.2, 0.25) is 5.02 Å². The van der Waals surface area contributed by atoms with Crippen LogP contribution >= 0.6 is 22.9 Å². The zero-order valence-corrected chi connectivity index (χ0v) is 14.9. The summed E-state index contributed by atoms with van der Waals surface area (Å²) in [5.41, 5.74) is 0.653. The molecule has 1 amide bonds. The molecule has 25 heavy (non-hydrogen) atoms. The van der Waals surface area contributed by atoms with Crippen LogP contribution in [0.25, 0.3) is 10.7 Å². The van der Waals surface area contributed by atoms with Gasteiger partial charge in [0.15, 0.2) is 0 Å². The molecule has 1 aromatic carbocycles. The topological polar surface area (TPSA) is 68.5 Å². The lowest BCUT2D eigenvalue weighted by molar-refractivity contribution is -0.117. The predicted molar refractivity (Wildman–Crippen MR) is 95.3 cm³/mol. The molecule has 0 radical (unpaired) electrons. The number of thiophene rings is 1. The van der Waals surface area contributed by atoms with E-state index in [0.29, 0.717) is 41.1 Å². The van der Waals surface area contributed by atoms with Gasteiger partial charge in [0.1, 0.15) is 5.75 Å². The third-order valence-electron chi connectivity index (χ3n) is 4.09. The lowest BCUT2D eigenvalue weighted by Crippen LogP contribution is -2.24. The molecule has 3 aromatic rings. The molecule has 1 atom stereocenters. The Balaban J connectivity index is 1.60. The van der Waals surface area contributed by atoms with Gasteiger partial charge in [0, 0.05) is 18.0 Å². The number of nitrogens with zero attached hydrogens (tertiary/aromatic N) is 3. The summed E-state index contributed by atoms with van der Waals surface area (Å²) in [4.78, 5) is 19.6. The number of benzene rings is 1. The Kier molecular flexibility index (Phi) is 4.19. The summed E-state index contributed by atoms with van der Waals surface area (Å²) in [7, 11) is 1.57. The van der Waals surface area contributed by atoms with E-state index in [1.807, 2.05) is 17.5 Å². The fraction of sp³-hybridized carbons (Fsp3) is 0.235. The van der Waals surface area contributed by atoms with E-state index >= 15 is 0 Å². The number of anilines is 1. The third kappa shape index (κ3) is 3.01. The molecule has 0 saturated carbocycles. The molecule has 0 unspecified atom stereocenters. The first kappa shape index (κ1) is 16.1. The van der Waals surface area contributed by atoms with Crippen molar-refractivity contribution in [2.75, 3.05) is 18.6 Å². The first-order chi connectivity index (χ1) is 12.2. The molecule has 1 fully saturated rings. The van der Waals surface area contributed by atoms with Gasteiger partial charge >= 0.3 is 0 Å². The van der Waals surface area contributed by atoms with Crippen LogP contribution in [-0.2, 0) is 4.79 Å². The molecule has 1 saturated heterocycles. The van der Waals surface area contributed by atoms with E-state index in [4.69, 9.17) is 20.9 Å². The van der Waals surface area contributed by atoms with Gasteiger partial charge in [0.05, 0.1) is 23.6 Å². The summed E-state index contributed by atoms with van der Waals surface area (Å²) >= 11 is 7.62. The second kappa shape index (κ2) is 6.50. The fourth-order valence-electron chi connectivity index (χ4n) is 2.89. The van der Waals surface area contributed by atoms with Gasteiger partial charge in [0.25, 0.3) is 0 Å². The number of hydrogen-bond acceptors (Lipinski definition) is 6. The van der Waals surface area contributed by atoms with E-state index in [1.54, 1.807) is 41.5 Å². The lowest BCUT2D eigenvalue weighted by Gasteiger charge is -2.19. The molecular formula is C17H14ClN3O3S. The van der Waals surface area contributed by atoms with Crippen molar-refractivity contribution >= 4 is 34.5 Å². The average Bonchev–Trinajstić information content (AvgIpc) is 3.34. The van der Waals surface area contributed by atoms with Crippen LogP contribution in [-0.4, -0.2) is 29.7 Å². The number of ether oxygens (including phenoxy) is 1. The Morgan fingerprint density at radius 2 is 2.28 bits per heavy atom. The molecule has 6 nitrogen and oxygen atoms in total. The average molecular weight is 376 g/mol. The Morgan fingerprint density at radius 3 is 3.04 bits per heavy atom. The molecule has 3 heterocycles. The second-order valence-corrected chi connectivity index (χ2v) is 7.04. The molecule has 0 bridgehead atoms. The first-order valence-electron chi connectivity index (χ1n) is 7.67. The summed E-state index contributed by atoms with van der Waals surface area (Å²) < 4.78 is 10.7. The highest BCUT2D eigenvalue weighted by molar-refractivity contribution is 7.13. The quantitative estimate of drug-likeness (QED) is 0.689. The van der Waals surface area contributed by atoms with Crippen molar-refractivity contribution in [1.82, 2.24) is 10.1 Å². The van der Waals surface area contributed by atoms with Crippen molar-refractivity contribution in [3.63, 3.8) is 0 Å². The summed E-state index contributed by atoms with van der Waals surface area (Å²) in [6.45, 7) is 0.446. The predicted octanol–water partition coefficient (Wildman–Crippen LogP) is 3.98. The van der Waals surface area contributed by atoms with E-state index in [1.165, 1.54) is 0 Å². The molecule has 0 spiro atoms. The highest BCUT2D eigenvalue weighted by Gasteiger charge is 2.36. The Labute approximate surface area is 153 Å². The second-order valence-electron chi connectivity index (χ2n) is 5.66. The maximum atomic E-state index is 12.5. The molecular weight excluding hydrogens is 362 g/mol. The number of amides is 1. The van der Waals surface area contributed by atoms with E-state index < -0.39 is 0 Å². The standard InChI is InChI=1S/C17H14ClN3O3S/c1-23-13-5-4-11(18)8-12(13)21-9-10(7-15(21)22)17-19-16(20-24-17)14-3-2-6-25-14/h2-6,8,10H,7,9H2,1H3/t10-/m1/s1. The lowest BCUT2D eigenvalue weighted by atomic mass is 10.1.